The van der Waals surface area contributed by atoms with Gasteiger partial charge < -0.3 is 5.11 Å². The minimum atomic E-state index is -4.61. The molecular weight excluding hydrogens is 424 g/mol. The molecule has 0 unspecified atom stereocenters. The maximum Gasteiger partial charge on any atom is 0.416 e. The summed E-state index contributed by atoms with van der Waals surface area (Å²) < 4.78 is 55.1. The molecule has 0 radical (unpaired) electrons. The molecule has 0 saturated carbocycles. The van der Waals surface area contributed by atoms with E-state index in [4.69, 9.17) is 0 Å². The zero-order chi connectivity index (χ0) is 22.9. The van der Waals surface area contributed by atoms with Crippen LogP contribution in [0.4, 0.5) is 17.6 Å². The van der Waals surface area contributed by atoms with Gasteiger partial charge in [0.15, 0.2) is 0 Å². The van der Waals surface area contributed by atoms with Gasteiger partial charge in [-0.15, -0.1) is 0 Å². The van der Waals surface area contributed by atoms with Crippen molar-refractivity contribution in [1.82, 2.24) is 4.40 Å². The highest BCUT2D eigenvalue weighted by Crippen LogP contribution is 2.32. The molecule has 0 aliphatic carbocycles. The summed E-state index contributed by atoms with van der Waals surface area (Å²) in [5.41, 5.74) is -1.12. The summed E-state index contributed by atoms with van der Waals surface area (Å²) in [4.78, 5) is 13.0. The Hall–Kier alpha value is -3.94. The molecule has 4 rings (SSSR count). The van der Waals surface area contributed by atoms with E-state index in [1.807, 2.05) is 0 Å². The number of nitrogens with zero attached hydrogens (tertiary/aromatic N) is 2. The van der Waals surface area contributed by atoms with Crippen molar-refractivity contribution >= 4 is 11.7 Å². The minimum absolute atomic E-state index is 0.0516. The minimum Gasteiger partial charge on any atom is -0.842 e. The SMILES string of the molecule is O=c1c(-c2cccc(C(F)(F)F)c2)c([O-])[n+](C/C=C/c2ccc(F)cc2)c2ccccn12. The van der Waals surface area contributed by atoms with E-state index in [0.717, 1.165) is 18.2 Å². The van der Waals surface area contributed by atoms with Gasteiger partial charge in [0, 0.05) is 6.07 Å². The Morgan fingerprint density at radius 1 is 1.00 bits per heavy atom. The standard InChI is InChI=1S/C24H16F4N2O2/c25-19-11-9-16(10-12-19)5-4-14-30-20-8-1-2-13-29(20)22(31)21(23(30)32)17-6-3-7-18(15-17)24(26,27)28/h1-13,15H,14H2/b5-4+. The Kier molecular flexibility index (Phi) is 5.52. The van der Waals surface area contributed by atoms with Gasteiger partial charge in [-0.3, -0.25) is 0 Å². The Bertz CT molecular complexity index is 1370. The van der Waals surface area contributed by atoms with Crippen molar-refractivity contribution in [3.63, 3.8) is 0 Å². The summed E-state index contributed by atoms with van der Waals surface area (Å²) >= 11 is 0. The van der Waals surface area contributed by atoms with Crippen molar-refractivity contribution in [2.24, 2.45) is 0 Å². The molecule has 32 heavy (non-hydrogen) atoms. The van der Waals surface area contributed by atoms with Crippen LogP contribution in [0.25, 0.3) is 22.9 Å². The van der Waals surface area contributed by atoms with Gasteiger partial charge in [0.2, 0.25) is 0 Å². The number of halogens is 4. The van der Waals surface area contributed by atoms with Crippen molar-refractivity contribution in [1.29, 1.82) is 0 Å². The number of hydrogen-bond acceptors (Lipinski definition) is 2. The number of benzene rings is 2. The molecule has 8 heteroatoms. The van der Waals surface area contributed by atoms with Crippen LogP contribution in [0, 0.1) is 5.82 Å². The fourth-order valence-electron chi connectivity index (χ4n) is 3.42. The molecule has 4 nitrogen and oxygen atoms in total. The second-order valence-electron chi connectivity index (χ2n) is 7.06. The van der Waals surface area contributed by atoms with E-state index in [2.05, 4.69) is 0 Å². The van der Waals surface area contributed by atoms with Crippen LogP contribution >= 0.6 is 0 Å². The number of allylic oxidation sites excluding steroid dienone is 1. The van der Waals surface area contributed by atoms with Gasteiger partial charge in [0.1, 0.15) is 17.9 Å². The Labute approximate surface area is 179 Å². The molecule has 2 aromatic heterocycles. The maximum atomic E-state index is 13.2. The molecular formula is C24H16F4N2O2. The molecule has 0 spiro atoms. The average molecular weight is 440 g/mol. The lowest BCUT2D eigenvalue weighted by Gasteiger charge is -2.17. The summed E-state index contributed by atoms with van der Waals surface area (Å²) in [6.07, 6.45) is 0.177. The lowest BCUT2D eigenvalue weighted by Crippen LogP contribution is -2.43. The zero-order valence-corrected chi connectivity index (χ0v) is 16.5. The lowest BCUT2D eigenvalue weighted by molar-refractivity contribution is -0.706. The third-order valence-electron chi connectivity index (χ3n) is 4.95. The first-order valence-corrected chi connectivity index (χ1v) is 9.59. The number of aromatic nitrogens is 2. The molecule has 0 aliphatic rings. The molecule has 0 bridgehead atoms. The highest BCUT2D eigenvalue weighted by molar-refractivity contribution is 5.67. The number of hydrogen-bond donors (Lipinski definition) is 0. The molecule has 0 fully saturated rings. The van der Waals surface area contributed by atoms with Crippen LogP contribution in [-0.2, 0) is 12.7 Å². The summed E-state index contributed by atoms with van der Waals surface area (Å²) in [6, 6.07) is 14.7. The first-order chi connectivity index (χ1) is 15.3. The van der Waals surface area contributed by atoms with Crippen LogP contribution in [0.3, 0.4) is 0 Å². The first kappa shape index (κ1) is 21.3. The van der Waals surface area contributed by atoms with E-state index in [1.165, 1.54) is 33.4 Å². The van der Waals surface area contributed by atoms with Crippen molar-refractivity contribution < 1.29 is 27.2 Å². The highest BCUT2D eigenvalue weighted by Gasteiger charge is 2.31. The molecule has 0 aliphatic heterocycles. The molecule has 0 N–H and O–H groups in total. The van der Waals surface area contributed by atoms with Crippen molar-refractivity contribution in [2.45, 2.75) is 12.7 Å². The van der Waals surface area contributed by atoms with Gasteiger partial charge in [-0.2, -0.15) is 17.6 Å². The molecule has 2 aromatic carbocycles. The largest absolute Gasteiger partial charge is 0.842 e. The predicted molar refractivity (Wildman–Crippen MR) is 109 cm³/mol. The molecule has 2 heterocycles. The van der Waals surface area contributed by atoms with Gasteiger partial charge in [-0.1, -0.05) is 36.4 Å². The van der Waals surface area contributed by atoms with Crippen molar-refractivity contribution in [2.75, 3.05) is 0 Å². The molecule has 162 valence electrons. The highest BCUT2D eigenvalue weighted by atomic mass is 19.4. The van der Waals surface area contributed by atoms with Crippen LogP contribution < -0.4 is 15.2 Å². The van der Waals surface area contributed by atoms with Gasteiger partial charge in [-0.05, 0) is 47.5 Å². The van der Waals surface area contributed by atoms with Crippen LogP contribution in [0.5, 0.6) is 5.88 Å². The molecule has 0 atom stereocenters. The van der Waals surface area contributed by atoms with Gasteiger partial charge >= 0.3 is 11.7 Å². The van der Waals surface area contributed by atoms with E-state index < -0.39 is 23.2 Å². The second kappa shape index (κ2) is 8.30. The topological polar surface area (TPSA) is 48.4 Å². The Morgan fingerprint density at radius 3 is 2.47 bits per heavy atom. The second-order valence-corrected chi connectivity index (χ2v) is 7.06. The number of alkyl halides is 3. The first-order valence-electron chi connectivity index (χ1n) is 9.59. The monoisotopic (exact) mass is 440 g/mol. The smallest absolute Gasteiger partial charge is 0.416 e. The number of pyridine rings is 1. The van der Waals surface area contributed by atoms with E-state index in [1.54, 1.807) is 42.5 Å². The van der Waals surface area contributed by atoms with Gasteiger partial charge in [-0.25, -0.2) is 13.8 Å². The van der Waals surface area contributed by atoms with Crippen molar-refractivity contribution in [3.05, 3.63) is 106 Å². The van der Waals surface area contributed by atoms with E-state index >= 15 is 0 Å². The summed E-state index contributed by atoms with van der Waals surface area (Å²) in [5, 5.41) is 13.2. The van der Waals surface area contributed by atoms with E-state index in [9.17, 15) is 27.5 Å². The Morgan fingerprint density at radius 2 is 1.75 bits per heavy atom. The third kappa shape index (κ3) is 4.12. The zero-order valence-electron chi connectivity index (χ0n) is 16.5. The van der Waals surface area contributed by atoms with Crippen molar-refractivity contribution in [3.8, 4) is 17.0 Å². The van der Waals surface area contributed by atoms with Crippen LogP contribution in [0.1, 0.15) is 11.1 Å². The number of rotatable bonds is 4. The fourth-order valence-corrected chi connectivity index (χ4v) is 3.42. The molecule has 0 amide bonds. The summed E-state index contributed by atoms with van der Waals surface area (Å²) in [7, 11) is 0. The molecule has 4 aromatic rings. The van der Waals surface area contributed by atoms with Gasteiger partial charge in [0.05, 0.1) is 17.6 Å². The summed E-state index contributed by atoms with van der Waals surface area (Å²) in [5.74, 6) is -1.08. The van der Waals surface area contributed by atoms with Crippen LogP contribution in [0.15, 0.2) is 83.8 Å². The normalized spacial score (nSPS) is 12.0. The fraction of sp³-hybridized carbons (Fsp3) is 0.0833. The van der Waals surface area contributed by atoms with Crippen LogP contribution in [0.2, 0.25) is 0 Å². The van der Waals surface area contributed by atoms with E-state index in [-0.39, 0.29) is 23.5 Å². The lowest BCUT2D eigenvalue weighted by atomic mass is 10.0. The van der Waals surface area contributed by atoms with E-state index in [0.29, 0.717) is 11.2 Å². The van der Waals surface area contributed by atoms with Crippen LogP contribution in [-0.4, -0.2) is 4.40 Å². The van der Waals surface area contributed by atoms with Gasteiger partial charge in [0.25, 0.3) is 5.65 Å². The summed E-state index contributed by atoms with van der Waals surface area (Å²) in [6.45, 7) is 0.0516. The number of fused-ring (bicyclic) bond motifs is 1. The quantitative estimate of drug-likeness (QED) is 0.353. The maximum absolute atomic E-state index is 13.2. The third-order valence-corrected chi connectivity index (χ3v) is 4.95. The Balaban J connectivity index is 1.85. The average Bonchev–Trinajstić information content (AvgIpc) is 2.77. The molecule has 0 saturated heterocycles. The predicted octanol–water partition coefficient (Wildman–Crippen LogP) is 4.20.